The van der Waals surface area contributed by atoms with Crippen LogP contribution in [0.2, 0.25) is 0 Å². The van der Waals surface area contributed by atoms with Crippen LogP contribution < -0.4 is 0 Å². The van der Waals surface area contributed by atoms with Crippen molar-refractivity contribution < 1.29 is 32.7 Å². The minimum absolute atomic E-state index is 0.0614. The maximum atomic E-state index is 12.4. The highest BCUT2D eigenvalue weighted by atomic mass is 32.2. The molecule has 0 bridgehead atoms. The van der Waals surface area contributed by atoms with Crippen LogP contribution in [0.1, 0.15) is 34.1 Å². The topological polar surface area (TPSA) is 88.1 Å². The van der Waals surface area contributed by atoms with Crippen molar-refractivity contribution >= 4 is 31.3 Å². The van der Waals surface area contributed by atoms with Crippen LogP contribution in [-0.2, 0) is 32.7 Å². The van der Waals surface area contributed by atoms with E-state index >= 15 is 0 Å². The van der Waals surface area contributed by atoms with Crippen LogP contribution in [0.15, 0.2) is 24.3 Å². The summed E-state index contributed by atoms with van der Waals surface area (Å²) >= 11 is 1.50. The maximum absolute atomic E-state index is 12.4. The van der Waals surface area contributed by atoms with Gasteiger partial charge in [-0.25, -0.2) is 9.59 Å². The first-order valence-electron chi connectivity index (χ1n) is 8.80. The molecule has 0 aromatic rings. The SMILES string of the molecule is C=C(C)C(=O)OCC(CSCCCP(=O)(OCC)OCC)OC(=O)C(=C)C. The summed E-state index contributed by atoms with van der Waals surface area (Å²) in [6, 6.07) is 0. The van der Waals surface area contributed by atoms with Crippen molar-refractivity contribution in [3.05, 3.63) is 24.3 Å². The van der Waals surface area contributed by atoms with Gasteiger partial charge in [-0.3, -0.25) is 4.57 Å². The van der Waals surface area contributed by atoms with E-state index in [0.29, 0.717) is 37.3 Å². The van der Waals surface area contributed by atoms with Crippen molar-refractivity contribution in [2.45, 2.75) is 40.2 Å². The third kappa shape index (κ3) is 12.1. The van der Waals surface area contributed by atoms with E-state index in [0.717, 1.165) is 0 Å². The van der Waals surface area contributed by atoms with E-state index in [4.69, 9.17) is 18.5 Å². The Bertz CT molecular complexity index is 552. The molecule has 0 spiro atoms. The number of thioether (sulfide) groups is 1. The summed E-state index contributed by atoms with van der Waals surface area (Å²) in [7, 11) is -3.05. The van der Waals surface area contributed by atoms with Crippen molar-refractivity contribution in [1.29, 1.82) is 0 Å². The standard InChI is InChI=1S/C18H31O7PS/c1-7-23-26(21,24-8-2)10-9-11-27-13-16(25-18(20)15(5)6)12-22-17(19)14(3)4/h16H,3,5,7-13H2,1-2,4,6H3. The average molecular weight is 422 g/mol. The van der Waals surface area contributed by atoms with Gasteiger partial charge < -0.3 is 18.5 Å². The van der Waals surface area contributed by atoms with Crippen molar-refractivity contribution in [2.75, 3.05) is 37.5 Å². The van der Waals surface area contributed by atoms with Crippen molar-refractivity contribution in [3.8, 4) is 0 Å². The highest BCUT2D eigenvalue weighted by molar-refractivity contribution is 7.99. The molecule has 0 radical (unpaired) electrons. The van der Waals surface area contributed by atoms with Crippen LogP contribution in [0.4, 0.5) is 0 Å². The maximum Gasteiger partial charge on any atom is 0.333 e. The molecule has 0 N–H and O–H groups in total. The lowest BCUT2D eigenvalue weighted by atomic mass is 10.3. The van der Waals surface area contributed by atoms with Gasteiger partial charge in [0.05, 0.1) is 19.4 Å². The van der Waals surface area contributed by atoms with Gasteiger partial charge in [0, 0.05) is 16.9 Å². The second-order valence-electron chi connectivity index (χ2n) is 5.78. The number of rotatable bonds is 15. The lowest BCUT2D eigenvalue weighted by molar-refractivity contribution is -0.152. The fourth-order valence-electron chi connectivity index (χ4n) is 1.79. The van der Waals surface area contributed by atoms with Crippen LogP contribution in [0, 0.1) is 0 Å². The van der Waals surface area contributed by atoms with Crippen LogP contribution in [0.25, 0.3) is 0 Å². The summed E-state index contributed by atoms with van der Waals surface area (Å²) < 4.78 is 33.2. The molecule has 0 fully saturated rings. The smallest absolute Gasteiger partial charge is 0.333 e. The predicted molar refractivity (Wildman–Crippen MR) is 108 cm³/mol. The molecule has 0 rings (SSSR count). The van der Waals surface area contributed by atoms with E-state index < -0.39 is 25.6 Å². The van der Waals surface area contributed by atoms with E-state index in [1.807, 2.05) is 0 Å². The normalized spacial score (nSPS) is 12.3. The highest BCUT2D eigenvalue weighted by Crippen LogP contribution is 2.48. The van der Waals surface area contributed by atoms with Crippen molar-refractivity contribution in [2.24, 2.45) is 0 Å². The van der Waals surface area contributed by atoms with Gasteiger partial charge >= 0.3 is 19.5 Å². The molecule has 0 amide bonds. The summed E-state index contributed by atoms with van der Waals surface area (Å²) in [5, 5.41) is 0. The Morgan fingerprint density at radius 3 is 2.07 bits per heavy atom. The first-order chi connectivity index (χ1) is 12.6. The minimum Gasteiger partial charge on any atom is -0.458 e. The van der Waals surface area contributed by atoms with Gasteiger partial charge in [0.1, 0.15) is 12.7 Å². The number of hydrogen-bond donors (Lipinski definition) is 0. The Labute approximate surface area is 166 Å². The van der Waals surface area contributed by atoms with Crippen molar-refractivity contribution in [1.82, 2.24) is 0 Å². The van der Waals surface area contributed by atoms with E-state index in [1.165, 1.54) is 11.8 Å². The molecule has 7 nitrogen and oxygen atoms in total. The summed E-state index contributed by atoms with van der Waals surface area (Å²) in [4.78, 5) is 23.3. The van der Waals surface area contributed by atoms with Crippen LogP contribution in [0.5, 0.6) is 0 Å². The Morgan fingerprint density at radius 1 is 1.04 bits per heavy atom. The summed E-state index contributed by atoms with van der Waals surface area (Å²) in [5.41, 5.74) is 0.542. The molecule has 0 aliphatic rings. The molecule has 1 unspecified atom stereocenters. The fourth-order valence-corrected chi connectivity index (χ4v) is 4.62. The summed E-state index contributed by atoms with van der Waals surface area (Å²) in [6.07, 6.45) is 0.338. The Morgan fingerprint density at radius 2 is 1.59 bits per heavy atom. The molecule has 27 heavy (non-hydrogen) atoms. The lowest BCUT2D eigenvalue weighted by Crippen LogP contribution is -2.28. The first kappa shape index (κ1) is 25.9. The largest absolute Gasteiger partial charge is 0.458 e. The number of carbonyl (C=O) groups is 2. The number of ether oxygens (including phenoxy) is 2. The third-order valence-corrected chi connectivity index (χ3v) is 6.40. The molecule has 0 heterocycles. The molecule has 0 aliphatic carbocycles. The zero-order valence-corrected chi connectivity index (χ0v) is 18.4. The van der Waals surface area contributed by atoms with E-state index in [2.05, 4.69) is 13.2 Å². The van der Waals surface area contributed by atoms with Crippen LogP contribution in [-0.4, -0.2) is 55.5 Å². The molecule has 9 heteroatoms. The second kappa shape index (κ2) is 14.0. The summed E-state index contributed by atoms with van der Waals surface area (Å²) in [6.45, 7) is 14.3. The van der Waals surface area contributed by atoms with Gasteiger partial charge in [-0.2, -0.15) is 11.8 Å². The molecule has 0 aliphatic heterocycles. The molecule has 0 aromatic carbocycles. The van der Waals surface area contributed by atoms with Gasteiger partial charge in [-0.05, 0) is 39.9 Å². The fraction of sp³-hybridized carbons (Fsp3) is 0.667. The zero-order valence-electron chi connectivity index (χ0n) is 16.7. The van der Waals surface area contributed by atoms with E-state index in [-0.39, 0.29) is 17.8 Å². The number of hydrogen-bond acceptors (Lipinski definition) is 8. The molecular formula is C18H31O7PS. The average Bonchev–Trinajstić information content (AvgIpc) is 2.58. The van der Waals surface area contributed by atoms with Gasteiger partial charge in [0.2, 0.25) is 0 Å². The van der Waals surface area contributed by atoms with E-state index in [1.54, 1.807) is 27.7 Å². The molecular weight excluding hydrogens is 391 g/mol. The molecule has 0 saturated carbocycles. The first-order valence-corrected chi connectivity index (χ1v) is 11.7. The van der Waals surface area contributed by atoms with E-state index in [9.17, 15) is 14.2 Å². The van der Waals surface area contributed by atoms with Gasteiger partial charge in [0.25, 0.3) is 0 Å². The van der Waals surface area contributed by atoms with Crippen LogP contribution >= 0.6 is 19.4 Å². The second-order valence-corrected chi connectivity index (χ2v) is 9.12. The minimum atomic E-state index is -3.05. The molecule has 0 saturated heterocycles. The molecule has 0 aromatic heterocycles. The lowest BCUT2D eigenvalue weighted by Gasteiger charge is -2.19. The van der Waals surface area contributed by atoms with Gasteiger partial charge in [-0.1, -0.05) is 13.2 Å². The summed E-state index contributed by atoms with van der Waals surface area (Å²) in [5.74, 6) is 0.0189. The third-order valence-electron chi connectivity index (χ3n) is 3.05. The Hall–Kier alpha value is -1.08. The molecule has 1 atom stereocenters. The molecule has 156 valence electrons. The monoisotopic (exact) mass is 422 g/mol. The Balaban J connectivity index is 4.46. The van der Waals surface area contributed by atoms with Gasteiger partial charge in [-0.15, -0.1) is 0 Å². The van der Waals surface area contributed by atoms with Gasteiger partial charge in [0.15, 0.2) is 0 Å². The van der Waals surface area contributed by atoms with Crippen molar-refractivity contribution in [3.63, 3.8) is 0 Å². The zero-order chi connectivity index (χ0) is 20.9. The predicted octanol–water partition coefficient (Wildman–Crippen LogP) is 3.98. The number of esters is 2. The van der Waals surface area contributed by atoms with Crippen LogP contribution in [0.3, 0.4) is 0 Å². The quantitative estimate of drug-likeness (QED) is 0.169. The highest BCUT2D eigenvalue weighted by Gasteiger charge is 2.23. The Kier molecular flexibility index (Phi) is 13.4. The number of carbonyl (C=O) groups excluding carboxylic acids is 2.